The van der Waals surface area contributed by atoms with Gasteiger partial charge in [-0.25, -0.2) is 9.37 Å². The van der Waals surface area contributed by atoms with Crippen LogP contribution in [0.3, 0.4) is 0 Å². The largest absolute Gasteiger partial charge is 0.391 e. The number of anilines is 1. The molecule has 5 nitrogen and oxygen atoms in total. The summed E-state index contributed by atoms with van der Waals surface area (Å²) in [4.78, 5) is 18.1. The van der Waals surface area contributed by atoms with Crippen LogP contribution in [0.1, 0.15) is 35.3 Å². The predicted octanol–water partition coefficient (Wildman–Crippen LogP) is 2.28. The van der Waals surface area contributed by atoms with Gasteiger partial charge < -0.3 is 15.3 Å². The van der Waals surface area contributed by atoms with E-state index < -0.39 is 6.10 Å². The Balaban J connectivity index is 1.85. The van der Waals surface area contributed by atoms with Crippen molar-refractivity contribution in [2.24, 2.45) is 0 Å². The number of pyridine rings is 1. The van der Waals surface area contributed by atoms with Gasteiger partial charge in [0.1, 0.15) is 11.6 Å². The molecule has 126 valence electrons. The highest BCUT2D eigenvalue weighted by Gasteiger charge is 2.33. The van der Waals surface area contributed by atoms with Gasteiger partial charge in [-0.05, 0) is 43.2 Å². The van der Waals surface area contributed by atoms with E-state index in [1.165, 1.54) is 18.3 Å². The first-order valence-corrected chi connectivity index (χ1v) is 8.03. The molecule has 0 radical (unpaired) electrons. The van der Waals surface area contributed by atoms with Gasteiger partial charge in [-0.3, -0.25) is 4.79 Å². The average molecular weight is 329 g/mol. The normalized spacial score (nSPS) is 20.2. The summed E-state index contributed by atoms with van der Waals surface area (Å²) in [6.07, 6.45) is 1.54. The van der Waals surface area contributed by atoms with Crippen LogP contribution in [0.5, 0.6) is 0 Å². The number of halogens is 1. The molecule has 1 aromatic heterocycles. The van der Waals surface area contributed by atoms with Crippen LogP contribution in [-0.2, 0) is 0 Å². The highest BCUT2D eigenvalue weighted by atomic mass is 19.1. The van der Waals surface area contributed by atoms with Crippen molar-refractivity contribution < 1.29 is 14.3 Å². The average Bonchev–Trinajstić information content (AvgIpc) is 2.97. The summed E-state index contributed by atoms with van der Waals surface area (Å²) in [5.74, 6) is 0.196. The van der Waals surface area contributed by atoms with Gasteiger partial charge in [0.25, 0.3) is 5.91 Å². The molecular weight excluding hydrogens is 309 g/mol. The maximum Gasteiger partial charge on any atom is 0.252 e. The zero-order chi connectivity index (χ0) is 17.1. The van der Waals surface area contributed by atoms with Crippen molar-refractivity contribution in [2.45, 2.75) is 25.5 Å². The van der Waals surface area contributed by atoms with Gasteiger partial charge in [0.05, 0.1) is 17.7 Å². The molecule has 3 rings (SSSR count). The third-order valence-electron chi connectivity index (χ3n) is 4.15. The van der Waals surface area contributed by atoms with Crippen LogP contribution >= 0.6 is 0 Å². The monoisotopic (exact) mass is 329 g/mol. The van der Waals surface area contributed by atoms with E-state index in [9.17, 15) is 14.3 Å². The Hall–Kier alpha value is -2.47. The lowest BCUT2D eigenvalue weighted by molar-refractivity contribution is 0.0955. The van der Waals surface area contributed by atoms with Crippen molar-refractivity contribution in [2.75, 3.05) is 18.0 Å². The second kappa shape index (κ2) is 6.97. The molecule has 2 atom stereocenters. The van der Waals surface area contributed by atoms with Crippen LogP contribution in [0, 0.1) is 5.82 Å². The van der Waals surface area contributed by atoms with E-state index in [0.29, 0.717) is 30.9 Å². The molecule has 2 heterocycles. The standard InChI is InChI=1S/C18H20FN3O2/c1-2-20-18(24)13-6-7-17(21-10-13)22-11-15(23)9-16(22)12-4-3-5-14(19)8-12/h3-8,10,15-16,23H,2,9,11H2,1H3,(H,20,24). The van der Waals surface area contributed by atoms with Crippen LogP contribution in [0.4, 0.5) is 10.2 Å². The third kappa shape index (κ3) is 3.38. The molecule has 1 fully saturated rings. The fourth-order valence-corrected chi connectivity index (χ4v) is 3.05. The number of aliphatic hydroxyl groups excluding tert-OH is 1. The molecular formula is C18H20FN3O2. The minimum atomic E-state index is -0.497. The van der Waals surface area contributed by atoms with Crippen molar-refractivity contribution in [3.8, 4) is 0 Å². The van der Waals surface area contributed by atoms with Crippen LogP contribution in [-0.4, -0.2) is 35.2 Å². The number of nitrogens with one attached hydrogen (secondary N) is 1. The number of rotatable bonds is 4. The van der Waals surface area contributed by atoms with Gasteiger partial charge in [0, 0.05) is 19.3 Å². The predicted molar refractivity (Wildman–Crippen MR) is 89.4 cm³/mol. The zero-order valence-electron chi connectivity index (χ0n) is 13.4. The van der Waals surface area contributed by atoms with Crippen molar-refractivity contribution in [1.29, 1.82) is 0 Å². The van der Waals surface area contributed by atoms with E-state index >= 15 is 0 Å². The highest BCUT2D eigenvalue weighted by molar-refractivity contribution is 5.94. The second-order valence-electron chi connectivity index (χ2n) is 5.88. The molecule has 1 aliphatic heterocycles. The summed E-state index contributed by atoms with van der Waals surface area (Å²) >= 11 is 0. The molecule has 0 spiro atoms. The first-order valence-electron chi connectivity index (χ1n) is 8.03. The van der Waals surface area contributed by atoms with Gasteiger partial charge in [-0.15, -0.1) is 0 Å². The van der Waals surface area contributed by atoms with Crippen molar-refractivity contribution in [3.63, 3.8) is 0 Å². The quantitative estimate of drug-likeness (QED) is 0.903. The van der Waals surface area contributed by atoms with Crippen molar-refractivity contribution in [1.82, 2.24) is 10.3 Å². The van der Waals surface area contributed by atoms with Crippen LogP contribution in [0.2, 0.25) is 0 Å². The summed E-state index contributed by atoms with van der Waals surface area (Å²) in [5.41, 5.74) is 1.30. The molecule has 2 N–H and O–H groups in total. The number of hydrogen-bond donors (Lipinski definition) is 2. The highest BCUT2D eigenvalue weighted by Crippen LogP contribution is 2.35. The van der Waals surface area contributed by atoms with Gasteiger partial charge >= 0.3 is 0 Å². The number of amides is 1. The molecule has 24 heavy (non-hydrogen) atoms. The summed E-state index contributed by atoms with van der Waals surface area (Å²) in [5, 5.41) is 12.8. The first kappa shape index (κ1) is 16.4. The molecule has 2 aromatic rings. The third-order valence-corrected chi connectivity index (χ3v) is 4.15. The Morgan fingerprint density at radius 1 is 1.42 bits per heavy atom. The minimum Gasteiger partial charge on any atom is -0.391 e. The molecule has 0 aliphatic carbocycles. The minimum absolute atomic E-state index is 0.140. The fraction of sp³-hybridized carbons (Fsp3) is 0.333. The number of aromatic nitrogens is 1. The number of nitrogens with zero attached hydrogens (tertiary/aromatic N) is 2. The van der Waals surface area contributed by atoms with Gasteiger partial charge in [0.2, 0.25) is 0 Å². The van der Waals surface area contributed by atoms with E-state index in [2.05, 4.69) is 10.3 Å². The number of benzene rings is 1. The Morgan fingerprint density at radius 2 is 2.25 bits per heavy atom. The second-order valence-corrected chi connectivity index (χ2v) is 5.88. The number of carbonyl (C=O) groups excluding carboxylic acids is 1. The molecule has 1 saturated heterocycles. The number of hydrogen-bond acceptors (Lipinski definition) is 4. The molecule has 1 aliphatic rings. The SMILES string of the molecule is CCNC(=O)c1ccc(N2CC(O)CC2c2cccc(F)c2)nc1. The van der Waals surface area contributed by atoms with Crippen molar-refractivity contribution >= 4 is 11.7 Å². The Labute approximate surface area is 140 Å². The summed E-state index contributed by atoms with van der Waals surface area (Å²) < 4.78 is 13.5. The van der Waals surface area contributed by atoms with E-state index in [-0.39, 0.29) is 17.8 Å². The van der Waals surface area contributed by atoms with Gasteiger partial charge in [0.15, 0.2) is 0 Å². The van der Waals surface area contributed by atoms with E-state index in [4.69, 9.17) is 0 Å². The molecule has 1 aromatic carbocycles. The van der Waals surface area contributed by atoms with Crippen LogP contribution in [0.25, 0.3) is 0 Å². The number of carbonyl (C=O) groups is 1. The topological polar surface area (TPSA) is 65.5 Å². The fourth-order valence-electron chi connectivity index (χ4n) is 3.05. The van der Waals surface area contributed by atoms with Gasteiger partial charge in [-0.2, -0.15) is 0 Å². The molecule has 6 heteroatoms. The van der Waals surface area contributed by atoms with Gasteiger partial charge in [-0.1, -0.05) is 12.1 Å². The summed E-state index contributed by atoms with van der Waals surface area (Å²) in [7, 11) is 0. The smallest absolute Gasteiger partial charge is 0.252 e. The maximum absolute atomic E-state index is 13.5. The Kier molecular flexibility index (Phi) is 4.76. The summed E-state index contributed by atoms with van der Waals surface area (Å²) in [6.45, 7) is 2.84. The zero-order valence-corrected chi connectivity index (χ0v) is 13.4. The summed E-state index contributed by atoms with van der Waals surface area (Å²) in [6, 6.07) is 9.73. The maximum atomic E-state index is 13.5. The molecule has 0 bridgehead atoms. The van der Waals surface area contributed by atoms with Crippen molar-refractivity contribution in [3.05, 3.63) is 59.5 Å². The van der Waals surface area contributed by atoms with Crippen LogP contribution < -0.4 is 10.2 Å². The van der Waals surface area contributed by atoms with Crippen LogP contribution in [0.15, 0.2) is 42.6 Å². The Morgan fingerprint density at radius 3 is 2.92 bits per heavy atom. The first-order chi connectivity index (χ1) is 11.6. The van der Waals surface area contributed by atoms with E-state index in [1.807, 2.05) is 17.9 Å². The Bertz CT molecular complexity index is 720. The lowest BCUT2D eigenvalue weighted by atomic mass is 10.0. The molecule has 1 amide bonds. The van der Waals surface area contributed by atoms with E-state index in [1.54, 1.807) is 18.2 Å². The number of β-amino-alcohol motifs (C(OH)–C–C–N with tert-alkyl or cyclic N) is 1. The van der Waals surface area contributed by atoms with E-state index in [0.717, 1.165) is 5.56 Å². The molecule has 2 unspecified atom stereocenters. The molecule has 0 saturated carbocycles. The lowest BCUT2D eigenvalue weighted by Gasteiger charge is -2.26. The number of aliphatic hydroxyl groups is 1. The lowest BCUT2D eigenvalue weighted by Crippen LogP contribution is -2.26.